The second kappa shape index (κ2) is 7.46. The van der Waals surface area contributed by atoms with Crippen molar-refractivity contribution >= 4 is 5.91 Å². The third kappa shape index (κ3) is 4.19. The Balaban J connectivity index is 1.67. The normalized spacial score (nSPS) is 27.8. The summed E-state index contributed by atoms with van der Waals surface area (Å²) >= 11 is 0. The summed E-state index contributed by atoms with van der Waals surface area (Å²) in [7, 11) is 0. The Kier molecular flexibility index (Phi) is 5.62. The summed E-state index contributed by atoms with van der Waals surface area (Å²) in [5, 5.41) is 12.5. The molecule has 2 aliphatic rings. The van der Waals surface area contributed by atoms with E-state index >= 15 is 0 Å². The second-order valence-corrected chi connectivity index (χ2v) is 5.32. The highest BCUT2D eigenvalue weighted by molar-refractivity contribution is 5.76. The maximum Gasteiger partial charge on any atom is 0.224 e. The van der Waals surface area contributed by atoms with Crippen LogP contribution < -0.4 is 5.32 Å². The Hall–Kier alpha value is -1.12. The molecule has 5 heteroatoms. The predicted octanol–water partition coefficient (Wildman–Crippen LogP) is 0.907. The molecule has 19 heavy (non-hydrogen) atoms. The van der Waals surface area contributed by atoms with E-state index in [-0.39, 0.29) is 17.9 Å². The highest BCUT2D eigenvalue weighted by atomic mass is 16.5. The van der Waals surface area contributed by atoms with Gasteiger partial charge in [0.2, 0.25) is 5.91 Å². The van der Waals surface area contributed by atoms with E-state index in [1.165, 1.54) is 6.42 Å². The molecule has 1 N–H and O–H groups in total. The van der Waals surface area contributed by atoms with Crippen LogP contribution in [0.25, 0.3) is 0 Å². The summed E-state index contributed by atoms with van der Waals surface area (Å²) in [6, 6.07) is 2.66. The minimum absolute atomic E-state index is 0.118. The Morgan fingerprint density at radius 1 is 1.32 bits per heavy atom. The summed E-state index contributed by atoms with van der Waals surface area (Å²) in [6.07, 6.45) is 4.92. The molecule has 0 bridgehead atoms. The zero-order chi connectivity index (χ0) is 13.5. The Morgan fingerprint density at radius 2 is 2.05 bits per heavy atom. The summed E-state index contributed by atoms with van der Waals surface area (Å²) in [5.41, 5.74) is 0. The molecule has 1 heterocycles. The van der Waals surface area contributed by atoms with Crippen molar-refractivity contribution in [2.75, 3.05) is 32.8 Å². The van der Waals surface area contributed by atoms with E-state index in [4.69, 9.17) is 10.00 Å². The minimum Gasteiger partial charge on any atom is -0.378 e. The van der Waals surface area contributed by atoms with Gasteiger partial charge in [-0.25, -0.2) is 0 Å². The molecular weight excluding hydrogens is 242 g/mol. The smallest absolute Gasteiger partial charge is 0.224 e. The van der Waals surface area contributed by atoms with Gasteiger partial charge in [-0.3, -0.25) is 4.79 Å². The van der Waals surface area contributed by atoms with Crippen LogP contribution in [0.2, 0.25) is 0 Å². The second-order valence-electron chi connectivity index (χ2n) is 5.32. The number of hydrogen-bond donors (Lipinski definition) is 1. The van der Waals surface area contributed by atoms with Crippen LogP contribution in [0.15, 0.2) is 0 Å². The van der Waals surface area contributed by atoms with Crippen LogP contribution in [0.5, 0.6) is 0 Å². The van der Waals surface area contributed by atoms with Crippen molar-refractivity contribution in [3.63, 3.8) is 0 Å². The van der Waals surface area contributed by atoms with Gasteiger partial charge in [-0.2, -0.15) is 5.26 Å². The number of hydrogen-bond acceptors (Lipinski definition) is 4. The van der Waals surface area contributed by atoms with E-state index in [0.29, 0.717) is 39.3 Å². The fraction of sp³-hybridized carbons (Fsp3) is 0.857. The summed E-state index contributed by atoms with van der Waals surface area (Å²) < 4.78 is 5.23. The third-order valence-electron chi connectivity index (χ3n) is 4.04. The number of carbonyl (C=O) groups is 1. The highest BCUT2D eigenvalue weighted by Crippen LogP contribution is 2.23. The van der Waals surface area contributed by atoms with Crippen LogP contribution in [0.1, 0.15) is 32.1 Å². The number of nitrogens with zero attached hydrogens (tertiary/aromatic N) is 2. The number of rotatable bonds is 4. The molecule has 2 fully saturated rings. The van der Waals surface area contributed by atoms with Crippen LogP contribution in [0, 0.1) is 17.2 Å². The van der Waals surface area contributed by atoms with E-state index in [0.717, 1.165) is 19.3 Å². The van der Waals surface area contributed by atoms with Gasteiger partial charge in [-0.1, -0.05) is 12.8 Å². The molecule has 1 amide bonds. The molecule has 0 spiro atoms. The first-order chi connectivity index (χ1) is 9.31. The van der Waals surface area contributed by atoms with Gasteiger partial charge in [0.1, 0.15) is 0 Å². The maximum atomic E-state index is 12.0. The molecule has 106 valence electrons. The molecule has 0 aromatic carbocycles. The van der Waals surface area contributed by atoms with E-state index in [9.17, 15) is 4.79 Å². The van der Waals surface area contributed by atoms with Crippen molar-refractivity contribution in [1.29, 1.82) is 5.26 Å². The quantitative estimate of drug-likeness (QED) is 0.820. The van der Waals surface area contributed by atoms with Crippen LogP contribution in [-0.4, -0.2) is 49.7 Å². The van der Waals surface area contributed by atoms with Crippen molar-refractivity contribution in [3.8, 4) is 6.07 Å². The van der Waals surface area contributed by atoms with E-state index in [2.05, 4.69) is 11.4 Å². The first kappa shape index (κ1) is 14.3. The molecule has 5 nitrogen and oxygen atoms in total. The molecule has 1 saturated carbocycles. The van der Waals surface area contributed by atoms with Gasteiger partial charge in [0.05, 0.1) is 25.2 Å². The summed E-state index contributed by atoms with van der Waals surface area (Å²) in [4.78, 5) is 13.8. The number of ether oxygens (including phenoxy) is 1. The number of nitriles is 1. The highest BCUT2D eigenvalue weighted by Gasteiger charge is 2.24. The lowest BCUT2D eigenvalue weighted by molar-refractivity contribution is -0.135. The summed E-state index contributed by atoms with van der Waals surface area (Å²) in [6.45, 7) is 3.40. The Bertz CT molecular complexity index is 334. The molecule has 2 rings (SSSR count). The van der Waals surface area contributed by atoms with E-state index < -0.39 is 0 Å². The first-order valence-electron chi connectivity index (χ1n) is 7.30. The standard InChI is InChI=1S/C14H23N3O2/c15-11-12-3-1-2-4-13(12)16-6-5-14(18)17-7-9-19-10-8-17/h12-13,16H,1-10H2. The number of nitrogens with one attached hydrogen (secondary N) is 1. The lowest BCUT2D eigenvalue weighted by atomic mass is 9.85. The fourth-order valence-electron chi connectivity index (χ4n) is 2.87. The van der Waals surface area contributed by atoms with Gasteiger partial charge >= 0.3 is 0 Å². The number of morpholine rings is 1. The molecule has 2 unspecified atom stereocenters. The van der Waals surface area contributed by atoms with Gasteiger partial charge in [-0.15, -0.1) is 0 Å². The zero-order valence-corrected chi connectivity index (χ0v) is 11.4. The van der Waals surface area contributed by atoms with Crippen molar-refractivity contribution in [2.24, 2.45) is 5.92 Å². The molecular formula is C14H23N3O2. The van der Waals surface area contributed by atoms with Gasteiger partial charge < -0.3 is 15.0 Å². The molecule has 0 radical (unpaired) electrons. The molecule has 0 aromatic rings. The monoisotopic (exact) mass is 265 g/mol. The van der Waals surface area contributed by atoms with Crippen molar-refractivity contribution in [2.45, 2.75) is 38.1 Å². The van der Waals surface area contributed by atoms with Crippen molar-refractivity contribution in [1.82, 2.24) is 10.2 Å². The zero-order valence-electron chi connectivity index (χ0n) is 11.4. The molecule has 2 atom stereocenters. The molecule has 1 aliphatic heterocycles. The van der Waals surface area contributed by atoms with Crippen LogP contribution in [0.4, 0.5) is 0 Å². The van der Waals surface area contributed by atoms with Gasteiger partial charge in [0.25, 0.3) is 0 Å². The number of carbonyl (C=O) groups excluding carboxylic acids is 1. The first-order valence-corrected chi connectivity index (χ1v) is 7.30. The Morgan fingerprint density at radius 3 is 2.79 bits per heavy atom. The van der Waals surface area contributed by atoms with E-state index in [1.807, 2.05) is 4.90 Å². The average Bonchev–Trinajstić information content (AvgIpc) is 2.48. The largest absolute Gasteiger partial charge is 0.378 e. The Labute approximate surface area is 114 Å². The summed E-state index contributed by atoms with van der Waals surface area (Å²) in [5.74, 6) is 0.312. The third-order valence-corrected chi connectivity index (χ3v) is 4.04. The molecule has 1 aliphatic carbocycles. The molecule has 0 aromatic heterocycles. The lowest BCUT2D eigenvalue weighted by Crippen LogP contribution is -2.43. The lowest BCUT2D eigenvalue weighted by Gasteiger charge is -2.29. The maximum absolute atomic E-state index is 12.0. The molecule has 1 saturated heterocycles. The minimum atomic E-state index is 0.118. The van der Waals surface area contributed by atoms with Gasteiger partial charge in [-0.05, 0) is 12.8 Å². The van der Waals surface area contributed by atoms with Crippen LogP contribution >= 0.6 is 0 Å². The topological polar surface area (TPSA) is 65.4 Å². The van der Waals surface area contributed by atoms with Gasteiger partial charge in [0, 0.05) is 32.1 Å². The SMILES string of the molecule is N#CC1CCCCC1NCCC(=O)N1CCOCC1. The van der Waals surface area contributed by atoms with Crippen LogP contribution in [-0.2, 0) is 9.53 Å². The van der Waals surface area contributed by atoms with Crippen LogP contribution in [0.3, 0.4) is 0 Å². The predicted molar refractivity (Wildman–Crippen MR) is 71.4 cm³/mol. The van der Waals surface area contributed by atoms with Gasteiger partial charge in [0.15, 0.2) is 0 Å². The number of amides is 1. The average molecular weight is 265 g/mol. The fourth-order valence-corrected chi connectivity index (χ4v) is 2.87. The van der Waals surface area contributed by atoms with Crippen molar-refractivity contribution < 1.29 is 9.53 Å². The van der Waals surface area contributed by atoms with Crippen molar-refractivity contribution in [3.05, 3.63) is 0 Å². The van der Waals surface area contributed by atoms with E-state index in [1.54, 1.807) is 0 Å².